The van der Waals surface area contributed by atoms with Crippen LogP contribution in [0.25, 0.3) is 0 Å². The highest BCUT2D eigenvalue weighted by Gasteiger charge is 2.53. The molecule has 0 bridgehead atoms. The van der Waals surface area contributed by atoms with Gasteiger partial charge in [-0.15, -0.1) is 5.10 Å². The molecule has 3 aliphatic rings. The van der Waals surface area contributed by atoms with Crippen LogP contribution in [0.4, 0.5) is 19.3 Å². The monoisotopic (exact) mass is 577 g/mol. The minimum absolute atomic E-state index is 0.00802. The van der Waals surface area contributed by atoms with Gasteiger partial charge >= 0.3 is 6.03 Å². The van der Waals surface area contributed by atoms with Gasteiger partial charge in [0.15, 0.2) is 0 Å². The number of pyridine rings is 1. The third-order valence-corrected chi connectivity index (χ3v) is 8.81. The number of likely N-dealkylation sites (N-methyl/N-ethyl adjacent to an activating group) is 1. The number of carbonyl (C=O) groups excluding carboxylic acids is 2. The van der Waals surface area contributed by atoms with Crippen molar-refractivity contribution in [2.75, 3.05) is 31.6 Å². The van der Waals surface area contributed by atoms with E-state index in [-0.39, 0.29) is 35.7 Å². The van der Waals surface area contributed by atoms with E-state index in [1.165, 1.54) is 18.3 Å². The van der Waals surface area contributed by atoms with Crippen molar-refractivity contribution in [1.29, 1.82) is 0 Å². The Hall–Kier alpha value is -4.35. The Kier molecular flexibility index (Phi) is 7.38. The summed E-state index contributed by atoms with van der Waals surface area (Å²) in [7, 11) is 1.88. The minimum Gasteiger partial charge on any atom is -0.472 e. The van der Waals surface area contributed by atoms with E-state index in [9.17, 15) is 18.4 Å². The fraction of sp³-hybridized carbons (Fsp3) is 0.433. The van der Waals surface area contributed by atoms with Crippen molar-refractivity contribution in [3.63, 3.8) is 0 Å². The molecule has 3 amide bonds. The SMILES string of the molecule is CN1C(=O)NCC12CCN(c1ccc(CNC(=O)C3(c4ccc(OCc5ccc(C(F)F)nc5)nn4)CC3)cc1)CC2. The molecule has 3 fully saturated rings. The predicted molar refractivity (Wildman–Crippen MR) is 150 cm³/mol. The highest BCUT2D eigenvalue weighted by Crippen LogP contribution is 2.47. The van der Waals surface area contributed by atoms with Gasteiger partial charge in [-0.05, 0) is 55.5 Å². The largest absolute Gasteiger partial charge is 0.472 e. The van der Waals surface area contributed by atoms with E-state index in [4.69, 9.17) is 4.74 Å². The maximum absolute atomic E-state index is 13.1. The van der Waals surface area contributed by atoms with E-state index < -0.39 is 11.8 Å². The van der Waals surface area contributed by atoms with Crippen LogP contribution in [-0.2, 0) is 23.4 Å². The number of alkyl halides is 2. The van der Waals surface area contributed by atoms with Gasteiger partial charge in [-0.25, -0.2) is 13.6 Å². The van der Waals surface area contributed by atoms with Crippen LogP contribution in [0.2, 0.25) is 0 Å². The summed E-state index contributed by atoms with van der Waals surface area (Å²) in [6.07, 6.45) is 1.97. The van der Waals surface area contributed by atoms with Gasteiger partial charge in [0.1, 0.15) is 12.3 Å². The number of carbonyl (C=O) groups is 2. The number of nitrogens with one attached hydrogen (secondary N) is 2. The van der Waals surface area contributed by atoms with Crippen LogP contribution in [0, 0.1) is 0 Å². The molecule has 1 spiro atoms. The molecule has 2 aromatic heterocycles. The Morgan fingerprint density at radius 2 is 1.76 bits per heavy atom. The number of amides is 3. The van der Waals surface area contributed by atoms with Crippen molar-refractivity contribution in [3.8, 4) is 5.88 Å². The number of rotatable bonds is 9. The molecule has 1 aromatic carbocycles. The number of benzene rings is 1. The lowest BCUT2D eigenvalue weighted by Gasteiger charge is -2.43. The molecular weight excluding hydrogens is 544 g/mol. The number of anilines is 1. The Bertz CT molecular complexity index is 1420. The van der Waals surface area contributed by atoms with Gasteiger partial charge in [-0.1, -0.05) is 18.2 Å². The lowest BCUT2D eigenvalue weighted by atomic mass is 9.87. The van der Waals surface area contributed by atoms with Crippen molar-refractivity contribution in [3.05, 3.63) is 77.2 Å². The summed E-state index contributed by atoms with van der Waals surface area (Å²) in [5.41, 5.74) is 2.32. The second kappa shape index (κ2) is 11.1. The molecule has 12 heteroatoms. The summed E-state index contributed by atoms with van der Waals surface area (Å²) in [6, 6.07) is 14.5. The summed E-state index contributed by atoms with van der Waals surface area (Å²) in [5, 5.41) is 14.4. The van der Waals surface area contributed by atoms with Gasteiger partial charge in [0.25, 0.3) is 6.43 Å². The van der Waals surface area contributed by atoms with E-state index in [0.29, 0.717) is 37.2 Å². The molecule has 4 heterocycles. The second-order valence-corrected chi connectivity index (χ2v) is 11.3. The average Bonchev–Trinajstić information content (AvgIpc) is 3.80. The van der Waals surface area contributed by atoms with Crippen LogP contribution in [0.15, 0.2) is 54.7 Å². The standard InChI is InChI=1S/C30H33F2N7O3/c1-38-28(41)35-19-29(38)12-14-39(15-13-29)22-5-2-20(3-6-22)16-34-27(40)30(10-11-30)24-8-9-25(37-36-24)42-18-21-4-7-23(26(31)32)33-17-21/h2-9,17,26H,10-16,18-19H2,1H3,(H,34,40)(H,35,41). The fourth-order valence-corrected chi connectivity index (χ4v) is 5.75. The summed E-state index contributed by atoms with van der Waals surface area (Å²) in [4.78, 5) is 33.0. The number of hydrogen-bond donors (Lipinski definition) is 2. The average molecular weight is 578 g/mol. The van der Waals surface area contributed by atoms with E-state index in [0.717, 1.165) is 37.2 Å². The Balaban J connectivity index is 0.987. The minimum atomic E-state index is -2.61. The van der Waals surface area contributed by atoms with Gasteiger partial charge in [0, 0.05) is 56.7 Å². The molecule has 1 saturated carbocycles. The first kappa shape index (κ1) is 27.8. The Labute approximate surface area is 242 Å². The Morgan fingerprint density at radius 1 is 1.02 bits per heavy atom. The molecule has 2 N–H and O–H groups in total. The number of halogens is 2. The van der Waals surface area contributed by atoms with Crippen LogP contribution in [0.3, 0.4) is 0 Å². The zero-order chi connectivity index (χ0) is 29.3. The quantitative estimate of drug-likeness (QED) is 0.399. The van der Waals surface area contributed by atoms with Crippen LogP contribution in [-0.4, -0.2) is 64.2 Å². The van der Waals surface area contributed by atoms with Crippen molar-refractivity contribution in [1.82, 2.24) is 30.7 Å². The lowest BCUT2D eigenvalue weighted by molar-refractivity contribution is -0.123. The number of hydrogen-bond acceptors (Lipinski definition) is 7. The number of urea groups is 1. The molecule has 6 rings (SSSR count). The van der Waals surface area contributed by atoms with Gasteiger partial charge in [-0.2, -0.15) is 5.10 Å². The number of ether oxygens (including phenoxy) is 1. The lowest BCUT2D eigenvalue weighted by Crippen LogP contribution is -2.53. The smallest absolute Gasteiger partial charge is 0.317 e. The highest BCUT2D eigenvalue weighted by atomic mass is 19.3. The van der Waals surface area contributed by atoms with Crippen molar-refractivity contribution >= 4 is 17.6 Å². The molecule has 220 valence electrons. The first-order valence-corrected chi connectivity index (χ1v) is 14.1. The van der Waals surface area contributed by atoms with Gasteiger partial charge in [-0.3, -0.25) is 9.78 Å². The zero-order valence-corrected chi connectivity index (χ0v) is 23.4. The van der Waals surface area contributed by atoms with E-state index >= 15 is 0 Å². The Morgan fingerprint density at radius 3 is 2.33 bits per heavy atom. The molecule has 42 heavy (non-hydrogen) atoms. The van der Waals surface area contributed by atoms with Crippen molar-refractivity contribution < 1.29 is 23.1 Å². The maximum Gasteiger partial charge on any atom is 0.317 e. The molecule has 0 radical (unpaired) electrons. The molecule has 3 aromatic rings. The molecule has 0 unspecified atom stereocenters. The fourth-order valence-electron chi connectivity index (χ4n) is 5.75. The zero-order valence-electron chi connectivity index (χ0n) is 23.4. The molecule has 10 nitrogen and oxygen atoms in total. The van der Waals surface area contributed by atoms with Crippen LogP contribution in [0.1, 0.15) is 54.6 Å². The van der Waals surface area contributed by atoms with Gasteiger partial charge in [0.2, 0.25) is 11.8 Å². The van der Waals surface area contributed by atoms with Gasteiger partial charge in [0.05, 0.1) is 16.6 Å². The molecule has 0 atom stereocenters. The van der Waals surface area contributed by atoms with Crippen LogP contribution in [0.5, 0.6) is 5.88 Å². The number of aromatic nitrogens is 3. The molecule has 2 aliphatic heterocycles. The third kappa shape index (κ3) is 5.45. The van der Waals surface area contributed by atoms with Crippen molar-refractivity contribution in [2.24, 2.45) is 0 Å². The normalized spacial score (nSPS) is 18.7. The summed E-state index contributed by atoms with van der Waals surface area (Å²) < 4.78 is 30.9. The summed E-state index contributed by atoms with van der Waals surface area (Å²) in [5.74, 6) is 0.196. The van der Waals surface area contributed by atoms with Crippen LogP contribution >= 0.6 is 0 Å². The predicted octanol–water partition coefficient (Wildman–Crippen LogP) is 3.73. The van der Waals surface area contributed by atoms with Gasteiger partial charge < -0.3 is 25.2 Å². The second-order valence-electron chi connectivity index (χ2n) is 11.3. The number of piperidine rings is 1. The maximum atomic E-state index is 13.1. The third-order valence-electron chi connectivity index (χ3n) is 8.81. The summed E-state index contributed by atoms with van der Waals surface area (Å²) in [6.45, 7) is 3.00. The first-order valence-electron chi connectivity index (χ1n) is 14.1. The summed E-state index contributed by atoms with van der Waals surface area (Å²) >= 11 is 0. The van der Waals surface area contributed by atoms with Crippen molar-refractivity contribution in [2.45, 2.75) is 56.2 Å². The number of nitrogens with zero attached hydrogens (tertiary/aromatic N) is 5. The molecule has 2 saturated heterocycles. The molecular formula is C30H33F2N7O3. The first-order chi connectivity index (χ1) is 20.3. The van der Waals surface area contributed by atoms with E-state index in [1.807, 2.05) is 24.1 Å². The van der Waals surface area contributed by atoms with E-state index in [1.54, 1.807) is 12.1 Å². The van der Waals surface area contributed by atoms with Crippen LogP contribution < -0.4 is 20.3 Å². The highest BCUT2D eigenvalue weighted by molar-refractivity contribution is 5.90. The topological polar surface area (TPSA) is 113 Å². The van der Waals surface area contributed by atoms with E-state index in [2.05, 4.69) is 42.8 Å². The molecule has 1 aliphatic carbocycles.